The highest BCUT2D eigenvalue weighted by molar-refractivity contribution is 8.01. The molecule has 8 nitrogen and oxygen atoms in total. The van der Waals surface area contributed by atoms with Gasteiger partial charge in [-0.05, 0) is 48.9 Å². The van der Waals surface area contributed by atoms with Crippen LogP contribution < -0.4 is 5.32 Å². The predicted octanol–water partition coefficient (Wildman–Crippen LogP) is 3.60. The number of hydrogen-bond acceptors (Lipinski definition) is 8. The Morgan fingerprint density at radius 3 is 2.41 bits per heavy atom. The number of thioether (sulfide) groups is 1. The van der Waals surface area contributed by atoms with Crippen molar-refractivity contribution in [2.75, 3.05) is 5.32 Å². The number of nitrogens with zero attached hydrogens (tertiary/aromatic N) is 6. The molecule has 29 heavy (non-hydrogen) atoms. The van der Waals surface area contributed by atoms with Gasteiger partial charge in [0, 0.05) is 5.69 Å². The third-order valence-corrected chi connectivity index (χ3v) is 6.12. The summed E-state index contributed by atoms with van der Waals surface area (Å²) in [6.07, 6.45) is 0. The summed E-state index contributed by atoms with van der Waals surface area (Å²) in [4.78, 5) is 14.5. The quantitative estimate of drug-likeness (QED) is 0.473. The van der Waals surface area contributed by atoms with Gasteiger partial charge in [0.05, 0.1) is 5.69 Å². The summed E-state index contributed by atoms with van der Waals surface area (Å²) in [5, 5.41) is 23.6. The van der Waals surface area contributed by atoms with Gasteiger partial charge in [-0.25, -0.2) is 0 Å². The molecule has 0 spiro atoms. The summed E-state index contributed by atoms with van der Waals surface area (Å²) < 4.78 is 0.759. The van der Waals surface area contributed by atoms with Gasteiger partial charge in [-0.1, -0.05) is 53.4 Å². The molecule has 0 radical (unpaired) electrons. The fourth-order valence-corrected chi connectivity index (χ4v) is 4.61. The fourth-order valence-electron chi connectivity index (χ4n) is 2.61. The second-order valence-corrected chi connectivity index (χ2v) is 8.69. The first-order valence-electron chi connectivity index (χ1n) is 8.78. The van der Waals surface area contributed by atoms with E-state index in [9.17, 15) is 4.79 Å². The Bertz CT molecular complexity index is 1110. The fraction of sp³-hybridized carbons (Fsp3) is 0.158. The molecule has 1 amide bonds. The van der Waals surface area contributed by atoms with Crippen LogP contribution in [-0.2, 0) is 4.79 Å². The van der Waals surface area contributed by atoms with Crippen LogP contribution in [0.2, 0.25) is 0 Å². The molecule has 2 heterocycles. The molecule has 0 fully saturated rings. The number of aryl methyl sites for hydroxylation is 2. The van der Waals surface area contributed by atoms with Crippen molar-refractivity contribution in [3.63, 3.8) is 0 Å². The number of carbonyl (C=O) groups is 1. The summed E-state index contributed by atoms with van der Waals surface area (Å²) in [7, 11) is 0. The summed E-state index contributed by atoms with van der Waals surface area (Å²) in [6, 6.07) is 16.9. The van der Waals surface area contributed by atoms with Crippen LogP contribution >= 0.6 is 23.1 Å². The maximum atomic E-state index is 13.1. The van der Waals surface area contributed by atoms with E-state index in [0.29, 0.717) is 11.5 Å². The molecule has 0 aliphatic rings. The van der Waals surface area contributed by atoms with Gasteiger partial charge in [-0.2, -0.15) is 0 Å². The maximum absolute atomic E-state index is 13.1. The first kappa shape index (κ1) is 19.2. The van der Waals surface area contributed by atoms with E-state index in [-0.39, 0.29) is 5.91 Å². The molecule has 4 aromatic rings. The monoisotopic (exact) mass is 423 g/mol. The average molecular weight is 424 g/mol. The molecule has 1 atom stereocenters. The zero-order chi connectivity index (χ0) is 20.2. The Balaban J connectivity index is 1.53. The molecule has 2 aromatic carbocycles. The van der Waals surface area contributed by atoms with Crippen LogP contribution in [-0.4, -0.2) is 36.3 Å². The molecule has 0 aliphatic heterocycles. The lowest BCUT2D eigenvalue weighted by atomic mass is 10.1. The highest BCUT2D eigenvalue weighted by Crippen LogP contribution is 2.37. The molecule has 1 N–H and O–H groups in total. The first-order chi connectivity index (χ1) is 14.1. The minimum absolute atomic E-state index is 0.128. The lowest BCUT2D eigenvalue weighted by Crippen LogP contribution is -2.19. The van der Waals surface area contributed by atoms with Crippen molar-refractivity contribution >= 4 is 34.7 Å². The summed E-state index contributed by atoms with van der Waals surface area (Å²) in [5.41, 5.74) is 2.36. The van der Waals surface area contributed by atoms with Gasteiger partial charge in [0.2, 0.25) is 5.91 Å². The summed E-state index contributed by atoms with van der Waals surface area (Å²) >= 11 is 2.87. The van der Waals surface area contributed by atoms with Crippen molar-refractivity contribution in [2.24, 2.45) is 0 Å². The summed E-state index contributed by atoms with van der Waals surface area (Å²) in [6.45, 7) is 3.67. The molecule has 4 rings (SSSR count). The number of rotatable bonds is 6. The molecule has 2 aromatic heterocycles. The van der Waals surface area contributed by atoms with Gasteiger partial charge < -0.3 is 5.32 Å². The number of amides is 1. The number of benzene rings is 2. The van der Waals surface area contributed by atoms with E-state index in [1.165, 1.54) is 27.9 Å². The second-order valence-electron chi connectivity index (χ2n) is 6.16. The van der Waals surface area contributed by atoms with Crippen LogP contribution in [0.25, 0.3) is 5.69 Å². The largest absolute Gasteiger partial charge is 0.325 e. The number of carbonyl (C=O) groups excluding carboxylic acids is 1. The minimum atomic E-state index is -0.442. The van der Waals surface area contributed by atoms with E-state index >= 15 is 0 Å². The SMILES string of the molecule is Cc1nnn(-c2ccc(NC(=O)[C@H](Sc3nnc(C)s3)c3ccccc3)cc2)n1. The second kappa shape index (κ2) is 8.50. The number of nitrogens with one attached hydrogen (secondary N) is 1. The molecule has 0 saturated carbocycles. The van der Waals surface area contributed by atoms with Crippen LogP contribution in [0.15, 0.2) is 58.9 Å². The molecule has 0 unspecified atom stereocenters. The van der Waals surface area contributed by atoms with Crippen molar-refractivity contribution in [2.45, 2.75) is 23.4 Å². The third kappa shape index (κ3) is 4.66. The zero-order valence-electron chi connectivity index (χ0n) is 15.7. The van der Waals surface area contributed by atoms with Crippen LogP contribution in [0, 0.1) is 13.8 Å². The number of tetrazole rings is 1. The topological polar surface area (TPSA) is 98.5 Å². The maximum Gasteiger partial charge on any atom is 0.242 e. The van der Waals surface area contributed by atoms with Crippen LogP contribution in [0.3, 0.4) is 0 Å². The van der Waals surface area contributed by atoms with Gasteiger partial charge in [0.15, 0.2) is 10.2 Å². The third-order valence-electron chi connectivity index (χ3n) is 3.95. The van der Waals surface area contributed by atoms with Gasteiger partial charge in [0.25, 0.3) is 0 Å². The van der Waals surface area contributed by atoms with E-state index in [2.05, 4.69) is 30.9 Å². The first-order valence-corrected chi connectivity index (χ1v) is 10.5. The molecule has 0 saturated heterocycles. The van der Waals surface area contributed by atoms with Crippen molar-refractivity contribution < 1.29 is 4.79 Å². The van der Waals surface area contributed by atoms with E-state index in [4.69, 9.17) is 0 Å². The van der Waals surface area contributed by atoms with Gasteiger partial charge in [-0.3, -0.25) is 4.79 Å². The van der Waals surface area contributed by atoms with E-state index in [1.54, 1.807) is 6.92 Å². The highest BCUT2D eigenvalue weighted by atomic mass is 32.2. The molecule has 146 valence electrons. The number of hydrogen-bond donors (Lipinski definition) is 1. The molecular formula is C19H17N7OS2. The molecule has 0 aliphatic carbocycles. The Hall–Kier alpha value is -3.11. The van der Waals surface area contributed by atoms with Gasteiger partial charge >= 0.3 is 0 Å². The lowest BCUT2D eigenvalue weighted by molar-refractivity contribution is -0.115. The Labute approximate surface area is 175 Å². The Morgan fingerprint density at radius 1 is 1.03 bits per heavy atom. The van der Waals surface area contributed by atoms with Crippen molar-refractivity contribution in [1.29, 1.82) is 0 Å². The number of anilines is 1. The van der Waals surface area contributed by atoms with Crippen molar-refractivity contribution in [3.8, 4) is 5.69 Å². The van der Waals surface area contributed by atoms with E-state index in [1.807, 2.05) is 61.5 Å². The zero-order valence-corrected chi connectivity index (χ0v) is 17.3. The minimum Gasteiger partial charge on any atom is -0.325 e. The van der Waals surface area contributed by atoms with Crippen molar-refractivity contribution in [1.82, 2.24) is 30.4 Å². The van der Waals surface area contributed by atoms with Crippen LogP contribution in [0.5, 0.6) is 0 Å². The Kier molecular flexibility index (Phi) is 5.63. The lowest BCUT2D eigenvalue weighted by Gasteiger charge is -2.15. The van der Waals surface area contributed by atoms with Gasteiger partial charge in [0.1, 0.15) is 10.3 Å². The predicted molar refractivity (Wildman–Crippen MR) is 112 cm³/mol. The number of aromatic nitrogens is 6. The van der Waals surface area contributed by atoms with Crippen LogP contribution in [0.4, 0.5) is 5.69 Å². The Morgan fingerprint density at radius 2 is 1.79 bits per heavy atom. The standard InChI is InChI=1S/C19H17N7OS2/c1-12-21-25-26(24-12)16-10-8-15(9-11-16)20-18(27)17(14-6-4-3-5-7-14)29-19-23-22-13(2)28-19/h3-11,17H,1-2H3,(H,20,27)/t17-/m1/s1. The van der Waals surface area contributed by atoms with Crippen molar-refractivity contribution in [3.05, 3.63) is 71.0 Å². The average Bonchev–Trinajstić information content (AvgIpc) is 3.35. The molecule has 10 heteroatoms. The molecule has 0 bridgehead atoms. The van der Waals surface area contributed by atoms with Crippen LogP contribution in [0.1, 0.15) is 21.6 Å². The molecular weight excluding hydrogens is 406 g/mol. The van der Waals surface area contributed by atoms with E-state index in [0.717, 1.165) is 20.6 Å². The normalized spacial score (nSPS) is 11.9. The highest BCUT2D eigenvalue weighted by Gasteiger charge is 2.24. The smallest absolute Gasteiger partial charge is 0.242 e. The van der Waals surface area contributed by atoms with E-state index < -0.39 is 5.25 Å². The summed E-state index contributed by atoms with van der Waals surface area (Å²) in [5.74, 6) is 0.466. The van der Waals surface area contributed by atoms with Gasteiger partial charge in [-0.15, -0.1) is 25.2 Å².